The molecule has 1 aromatic heterocycles. The summed E-state index contributed by atoms with van der Waals surface area (Å²) in [5.74, 6) is 0.743. The molecule has 1 aliphatic rings. The van der Waals surface area contributed by atoms with Gasteiger partial charge in [0.25, 0.3) is 0 Å². The van der Waals surface area contributed by atoms with Crippen LogP contribution in [-0.2, 0) is 27.6 Å². The molecule has 9 heteroatoms. The van der Waals surface area contributed by atoms with Crippen molar-refractivity contribution < 1.29 is 13.0 Å². The summed E-state index contributed by atoms with van der Waals surface area (Å²) in [4.78, 5) is 7.95. The summed E-state index contributed by atoms with van der Waals surface area (Å²) in [7, 11) is -3.34. The van der Waals surface area contributed by atoms with Gasteiger partial charge in [0.1, 0.15) is 12.1 Å². The lowest BCUT2D eigenvalue weighted by atomic mass is 10.1. The molecule has 0 spiro atoms. The summed E-state index contributed by atoms with van der Waals surface area (Å²) in [5.41, 5.74) is 8.06. The van der Waals surface area contributed by atoms with Gasteiger partial charge < -0.3 is 20.5 Å². The second kappa shape index (κ2) is 9.04. The first-order chi connectivity index (χ1) is 14.9. The van der Waals surface area contributed by atoms with E-state index >= 15 is 0 Å². The molecule has 3 aromatic rings. The molecule has 0 saturated carbocycles. The number of sulfone groups is 1. The van der Waals surface area contributed by atoms with Gasteiger partial charge >= 0.3 is 0 Å². The van der Waals surface area contributed by atoms with E-state index in [1.54, 1.807) is 18.4 Å². The Bertz CT molecular complexity index is 1200. The van der Waals surface area contributed by atoms with E-state index in [1.807, 2.05) is 41.3 Å². The molecule has 2 heterocycles. The summed E-state index contributed by atoms with van der Waals surface area (Å²) < 4.78 is 37.4. The summed E-state index contributed by atoms with van der Waals surface area (Å²) in [6.07, 6.45) is 2.47. The van der Waals surface area contributed by atoms with Crippen LogP contribution in [0.5, 0.6) is 0 Å². The lowest BCUT2D eigenvalue weighted by Crippen LogP contribution is -2.26. The maximum atomic E-state index is 12.7. The van der Waals surface area contributed by atoms with Gasteiger partial charge in [0.05, 0.1) is 16.2 Å². The molecule has 1 unspecified atom stereocenters. The van der Waals surface area contributed by atoms with Crippen molar-refractivity contribution in [2.24, 2.45) is 5.73 Å². The minimum absolute atomic E-state index is 0.0351. The lowest BCUT2D eigenvalue weighted by molar-refractivity contribution is 0.596. The average Bonchev–Trinajstić information content (AvgIpc) is 2.89. The smallest absolute Gasteiger partial charge is 0.180 e. The van der Waals surface area contributed by atoms with Gasteiger partial charge in [0.15, 0.2) is 14.7 Å². The summed E-state index contributed by atoms with van der Waals surface area (Å²) in [6, 6.07) is 14.7. The highest BCUT2D eigenvalue weighted by Gasteiger charge is 2.26. The molecule has 1 aliphatic heterocycles. The molecule has 164 valence electrons. The highest BCUT2D eigenvalue weighted by molar-refractivity contribution is 7.91. The van der Waals surface area contributed by atoms with Crippen molar-refractivity contribution in [3.63, 3.8) is 0 Å². The standard InChI is InChI=1S/C22H26N4O3S2/c1-30(27)17-7-8-19-18(13-17)20(24-10-4-9-23)14-22(25-19)26-11-12-31(28,29)21-6-3-2-5-16(21)15-26/h2-3,5-8,13-14H,4,9-12,15,23H2,1H3,(H,24,25). The van der Waals surface area contributed by atoms with Crippen molar-refractivity contribution in [2.45, 2.75) is 22.8 Å². The van der Waals surface area contributed by atoms with Gasteiger partial charge in [-0.15, -0.1) is 0 Å². The predicted octanol–water partition coefficient (Wildman–Crippen LogP) is 2.53. The second-order valence-corrected chi connectivity index (χ2v) is 11.0. The minimum atomic E-state index is -3.34. The van der Waals surface area contributed by atoms with Crippen molar-refractivity contribution >= 4 is 43.4 Å². The highest BCUT2D eigenvalue weighted by Crippen LogP contribution is 2.32. The first kappa shape index (κ1) is 21.9. The molecule has 3 N–H and O–H groups in total. The molecule has 7 nitrogen and oxygen atoms in total. The van der Waals surface area contributed by atoms with Gasteiger partial charge in [-0.25, -0.2) is 13.4 Å². The number of hydrogen-bond donors (Lipinski definition) is 2. The third kappa shape index (κ3) is 4.64. The molecular formula is C22H26N4O3S2. The van der Waals surface area contributed by atoms with E-state index in [-0.39, 0.29) is 5.75 Å². The Labute approximate surface area is 185 Å². The molecule has 4 rings (SSSR count). The molecule has 0 bridgehead atoms. The zero-order valence-electron chi connectivity index (χ0n) is 17.4. The van der Waals surface area contributed by atoms with Crippen LogP contribution in [0.4, 0.5) is 11.5 Å². The van der Waals surface area contributed by atoms with Gasteiger partial charge in [0.2, 0.25) is 0 Å². The van der Waals surface area contributed by atoms with Gasteiger partial charge in [-0.2, -0.15) is 0 Å². The molecule has 31 heavy (non-hydrogen) atoms. The molecular weight excluding hydrogens is 432 g/mol. The van der Waals surface area contributed by atoms with E-state index in [9.17, 15) is 13.0 Å². The molecule has 0 fully saturated rings. The Morgan fingerprint density at radius 2 is 2.03 bits per heavy atom. The molecule has 2 aromatic carbocycles. The number of anilines is 2. The van der Waals surface area contributed by atoms with Crippen LogP contribution in [-0.4, -0.2) is 49.6 Å². The largest absolute Gasteiger partial charge is 0.612 e. The quantitative estimate of drug-likeness (QED) is 0.431. The number of benzene rings is 2. The van der Waals surface area contributed by atoms with E-state index in [2.05, 4.69) is 5.32 Å². The predicted molar refractivity (Wildman–Crippen MR) is 126 cm³/mol. The number of fused-ring (bicyclic) bond motifs is 2. The van der Waals surface area contributed by atoms with Crippen LogP contribution in [0, 0.1) is 0 Å². The van der Waals surface area contributed by atoms with Crippen LogP contribution >= 0.6 is 0 Å². The maximum Gasteiger partial charge on any atom is 0.180 e. The number of nitrogens with one attached hydrogen (secondary N) is 1. The lowest BCUT2D eigenvalue weighted by Gasteiger charge is -2.23. The van der Waals surface area contributed by atoms with E-state index in [4.69, 9.17) is 10.7 Å². The zero-order chi connectivity index (χ0) is 22.0. The number of aromatic nitrogens is 1. The van der Waals surface area contributed by atoms with E-state index in [1.165, 1.54) is 0 Å². The van der Waals surface area contributed by atoms with Crippen LogP contribution < -0.4 is 16.0 Å². The first-order valence-electron chi connectivity index (χ1n) is 10.2. The van der Waals surface area contributed by atoms with Crippen molar-refractivity contribution in [1.29, 1.82) is 0 Å². The summed E-state index contributed by atoms with van der Waals surface area (Å²) in [6.45, 7) is 2.10. The van der Waals surface area contributed by atoms with Crippen molar-refractivity contribution in [3.8, 4) is 0 Å². The van der Waals surface area contributed by atoms with Crippen LogP contribution in [0.2, 0.25) is 0 Å². The molecule has 0 saturated heterocycles. The van der Waals surface area contributed by atoms with Crippen LogP contribution in [0.25, 0.3) is 10.9 Å². The Hall–Kier alpha value is -2.33. The fourth-order valence-corrected chi connectivity index (χ4v) is 5.80. The first-order valence-corrected chi connectivity index (χ1v) is 13.4. The SMILES string of the molecule is C[S+]([O-])c1ccc2nc(N3CCS(=O)(=O)c4ccccc4C3)cc(NCCCN)c2c1. The molecule has 0 radical (unpaired) electrons. The fourth-order valence-electron chi connectivity index (χ4n) is 3.76. The Balaban J connectivity index is 1.77. The van der Waals surface area contributed by atoms with Gasteiger partial charge in [-0.05, 0) is 47.9 Å². The number of rotatable bonds is 6. The molecule has 0 aliphatic carbocycles. The third-order valence-corrected chi connectivity index (χ3v) is 8.12. The summed E-state index contributed by atoms with van der Waals surface area (Å²) in [5, 5.41) is 4.31. The monoisotopic (exact) mass is 458 g/mol. The van der Waals surface area contributed by atoms with Crippen molar-refractivity contribution in [2.75, 3.05) is 41.9 Å². The Kier molecular flexibility index (Phi) is 6.38. The van der Waals surface area contributed by atoms with E-state index in [0.717, 1.165) is 33.5 Å². The number of pyridine rings is 1. The van der Waals surface area contributed by atoms with Crippen molar-refractivity contribution in [3.05, 3.63) is 54.1 Å². The Morgan fingerprint density at radius 1 is 1.23 bits per heavy atom. The van der Waals surface area contributed by atoms with E-state index in [0.29, 0.717) is 36.9 Å². The van der Waals surface area contributed by atoms with Crippen LogP contribution in [0.1, 0.15) is 12.0 Å². The van der Waals surface area contributed by atoms with Crippen LogP contribution in [0.3, 0.4) is 0 Å². The highest BCUT2D eigenvalue weighted by atomic mass is 32.2. The Morgan fingerprint density at radius 3 is 2.81 bits per heavy atom. The summed E-state index contributed by atoms with van der Waals surface area (Å²) >= 11 is -1.10. The minimum Gasteiger partial charge on any atom is -0.612 e. The number of nitrogens with zero attached hydrogens (tertiary/aromatic N) is 2. The topological polar surface area (TPSA) is 111 Å². The normalized spacial score (nSPS) is 16.5. The van der Waals surface area contributed by atoms with Gasteiger partial charge in [0, 0.05) is 42.8 Å². The molecule has 1 atom stereocenters. The van der Waals surface area contributed by atoms with Crippen LogP contribution in [0.15, 0.2) is 58.3 Å². The number of nitrogens with two attached hydrogens (primary N) is 1. The molecule has 0 amide bonds. The second-order valence-electron chi connectivity index (χ2n) is 7.58. The van der Waals surface area contributed by atoms with E-state index < -0.39 is 21.0 Å². The zero-order valence-corrected chi connectivity index (χ0v) is 19.0. The van der Waals surface area contributed by atoms with Gasteiger partial charge in [-0.3, -0.25) is 0 Å². The van der Waals surface area contributed by atoms with Crippen molar-refractivity contribution in [1.82, 2.24) is 4.98 Å². The van der Waals surface area contributed by atoms with Gasteiger partial charge in [-0.1, -0.05) is 18.2 Å². The third-order valence-electron chi connectivity index (χ3n) is 5.42. The average molecular weight is 459 g/mol. The fraction of sp³-hybridized carbons (Fsp3) is 0.318. The number of hydrogen-bond acceptors (Lipinski definition) is 7. The maximum absolute atomic E-state index is 12.7.